The van der Waals surface area contributed by atoms with Crippen LogP contribution in [0.3, 0.4) is 0 Å². The molecular formula is C20H17N7O. The summed E-state index contributed by atoms with van der Waals surface area (Å²) in [7, 11) is 1.61. The maximum absolute atomic E-state index is 5.57. The Morgan fingerprint density at radius 2 is 1.93 bits per heavy atom. The molecule has 0 atom stereocenters. The van der Waals surface area contributed by atoms with Gasteiger partial charge in [-0.15, -0.1) is 0 Å². The fourth-order valence-corrected chi connectivity index (χ4v) is 3.38. The first kappa shape index (κ1) is 16.2. The van der Waals surface area contributed by atoms with Gasteiger partial charge < -0.3 is 15.0 Å². The highest BCUT2D eigenvalue weighted by molar-refractivity contribution is 5.98. The lowest BCUT2D eigenvalue weighted by molar-refractivity contribution is 0.403. The summed E-state index contributed by atoms with van der Waals surface area (Å²) in [5, 5.41) is 12.3. The van der Waals surface area contributed by atoms with Crippen molar-refractivity contribution >= 4 is 33.6 Å². The van der Waals surface area contributed by atoms with E-state index < -0.39 is 0 Å². The summed E-state index contributed by atoms with van der Waals surface area (Å²) in [5.41, 5.74) is 5.66. The van der Waals surface area contributed by atoms with Crippen LogP contribution in [0.25, 0.3) is 33.1 Å². The van der Waals surface area contributed by atoms with Crippen LogP contribution in [0.5, 0.6) is 5.88 Å². The fraction of sp³-hybridized carbons (Fsp3) is 0.100. The molecule has 0 aliphatic rings. The van der Waals surface area contributed by atoms with Crippen molar-refractivity contribution in [2.24, 2.45) is 0 Å². The number of hydrogen-bond donors (Lipinski definition) is 3. The van der Waals surface area contributed by atoms with Crippen molar-refractivity contribution in [2.45, 2.75) is 6.92 Å². The number of hydrogen-bond acceptors (Lipinski definition) is 6. The first-order valence-electron chi connectivity index (χ1n) is 8.78. The second-order valence-corrected chi connectivity index (χ2v) is 6.41. The van der Waals surface area contributed by atoms with Crippen molar-refractivity contribution in [2.75, 3.05) is 12.4 Å². The number of ether oxygens (including phenoxy) is 1. The minimum atomic E-state index is 0.457. The predicted octanol–water partition coefficient (Wildman–Crippen LogP) is 3.96. The summed E-state index contributed by atoms with van der Waals surface area (Å²) >= 11 is 0. The third-order valence-electron chi connectivity index (χ3n) is 4.82. The molecule has 0 bridgehead atoms. The number of pyridine rings is 1. The third-order valence-corrected chi connectivity index (χ3v) is 4.82. The number of aromatic nitrogens is 6. The summed E-state index contributed by atoms with van der Waals surface area (Å²) < 4.78 is 5.57. The van der Waals surface area contributed by atoms with Crippen LogP contribution < -0.4 is 10.1 Å². The largest absolute Gasteiger partial charge is 0.480 e. The molecule has 0 amide bonds. The zero-order valence-electron chi connectivity index (χ0n) is 15.3. The van der Waals surface area contributed by atoms with Gasteiger partial charge in [0.05, 0.1) is 24.2 Å². The molecule has 8 nitrogen and oxygen atoms in total. The lowest BCUT2D eigenvalue weighted by atomic mass is 10.1. The molecule has 0 fully saturated rings. The Kier molecular flexibility index (Phi) is 3.68. The highest BCUT2D eigenvalue weighted by Crippen LogP contribution is 2.34. The topological polar surface area (TPSA) is 104 Å². The van der Waals surface area contributed by atoms with E-state index in [2.05, 4.69) is 35.5 Å². The third kappa shape index (κ3) is 2.54. The van der Waals surface area contributed by atoms with E-state index in [9.17, 15) is 0 Å². The van der Waals surface area contributed by atoms with Gasteiger partial charge in [0.15, 0.2) is 0 Å². The van der Waals surface area contributed by atoms with E-state index in [-0.39, 0.29) is 0 Å². The summed E-state index contributed by atoms with van der Waals surface area (Å²) in [6, 6.07) is 7.84. The van der Waals surface area contributed by atoms with Gasteiger partial charge in [-0.25, -0.2) is 0 Å². The van der Waals surface area contributed by atoms with Crippen LogP contribution in [-0.4, -0.2) is 37.2 Å². The van der Waals surface area contributed by atoms with Crippen molar-refractivity contribution in [3.05, 3.63) is 54.6 Å². The first-order chi connectivity index (χ1) is 13.7. The minimum Gasteiger partial charge on any atom is -0.480 e. The van der Waals surface area contributed by atoms with Crippen molar-refractivity contribution in [1.29, 1.82) is 0 Å². The molecule has 0 aliphatic carbocycles. The average molecular weight is 371 g/mol. The predicted molar refractivity (Wildman–Crippen MR) is 108 cm³/mol. The standard InChI is InChI=1S/C20H17N7O/c1-11-13-10-23-27-16(13)4-3-15(11)24-20-25-18-17(19(26-20)28-2)14(9-22-18)12-5-7-21-8-6-12/h3-10H,1-2H3,(H,23,27)(H2,22,24,25,26). The van der Waals surface area contributed by atoms with Crippen molar-refractivity contribution < 1.29 is 4.74 Å². The molecule has 0 saturated heterocycles. The quantitative estimate of drug-likeness (QED) is 0.442. The normalized spacial score (nSPS) is 11.2. The van der Waals surface area contributed by atoms with Crippen LogP contribution in [0.4, 0.5) is 11.6 Å². The van der Waals surface area contributed by atoms with E-state index in [0.717, 1.165) is 38.7 Å². The smallest absolute Gasteiger partial charge is 0.232 e. The SMILES string of the molecule is COc1nc(Nc2ccc3[nH]ncc3c2C)nc2[nH]cc(-c3ccncc3)c12. The van der Waals surface area contributed by atoms with Gasteiger partial charge in [-0.3, -0.25) is 10.1 Å². The highest BCUT2D eigenvalue weighted by Gasteiger charge is 2.16. The molecule has 4 heterocycles. The minimum absolute atomic E-state index is 0.457. The summed E-state index contributed by atoms with van der Waals surface area (Å²) in [5.74, 6) is 0.959. The number of aryl methyl sites for hydroxylation is 1. The van der Waals surface area contributed by atoms with Crippen LogP contribution in [-0.2, 0) is 0 Å². The second kappa shape index (κ2) is 6.34. The van der Waals surface area contributed by atoms with Crippen molar-refractivity contribution in [3.63, 3.8) is 0 Å². The Bertz CT molecular complexity index is 1290. The summed E-state index contributed by atoms with van der Waals surface area (Å²) in [6.45, 7) is 2.03. The van der Waals surface area contributed by atoms with Gasteiger partial charge in [0.1, 0.15) is 5.65 Å². The first-order valence-corrected chi connectivity index (χ1v) is 8.78. The zero-order valence-corrected chi connectivity index (χ0v) is 15.3. The maximum atomic E-state index is 5.57. The Hall–Kier alpha value is -3.94. The Balaban J connectivity index is 1.60. The number of aromatic amines is 2. The van der Waals surface area contributed by atoms with Crippen LogP contribution in [0.15, 0.2) is 49.1 Å². The summed E-state index contributed by atoms with van der Waals surface area (Å²) in [4.78, 5) is 16.5. The molecule has 0 saturated carbocycles. The van der Waals surface area contributed by atoms with E-state index in [4.69, 9.17) is 4.74 Å². The monoisotopic (exact) mass is 371 g/mol. The number of H-pyrrole nitrogens is 2. The van der Waals surface area contributed by atoms with Gasteiger partial charge in [-0.1, -0.05) is 0 Å². The summed E-state index contributed by atoms with van der Waals surface area (Å²) in [6.07, 6.45) is 7.23. The van der Waals surface area contributed by atoms with Crippen molar-refractivity contribution in [1.82, 2.24) is 30.1 Å². The van der Waals surface area contributed by atoms with Gasteiger partial charge in [-0.05, 0) is 42.3 Å². The van der Waals surface area contributed by atoms with Crippen LogP contribution in [0, 0.1) is 6.92 Å². The molecule has 28 heavy (non-hydrogen) atoms. The number of nitrogens with one attached hydrogen (secondary N) is 3. The van der Waals surface area contributed by atoms with E-state index in [1.54, 1.807) is 19.5 Å². The molecule has 0 aliphatic heterocycles. The molecule has 8 heteroatoms. The van der Waals surface area contributed by atoms with Gasteiger partial charge in [-0.2, -0.15) is 15.1 Å². The van der Waals surface area contributed by atoms with Crippen LogP contribution in [0.1, 0.15) is 5.56 Å². The lowest BCUT2D eigenvalue weighted by Crippen LogP contribution is -2.01. The zero-order chi connectivity index (χ0) is 19.1. The van der Waals surface area contributed by atoms with Crippen LogP contribution >= 0.6 is 0 Å². The number of methoxy groups -OCH3 is 1. The second-order valence-electron chi connectivity index (χ2n) is 6.41. The van der Waals surface area contributed by atoms with Gasteiger partial charge in [0, 0.05) is 35.2 Å². The Morgan fingerprint density at radius 3 is 2.75 bits per heavy atom. The number of rotatable bonds is 4. The van der Waals surface area contributed by atoms with Crippen molar-refractivity contribution in [3.8, 4) is 17.0 Å². The van der Waals surface area contributed by atoms with Gasteiger partial charge in [0.25, 0.3) is 0 Å². The number of fused-ring (bicyclic) bond motifs is 2. The Labute approximate surface area is 160 Å². The molecule has 4 aromatic heterocycles. The molecule has 3 N–H and O–H groups in total. The average Bonchev–Trinajstić information content (AvgIpc) is 3.37. The van der Waals surface area contributed by atoms with E-state index in [1.807, 2.05) is 43.6 Å². The molecule has 5 rings (SSSR count). The highest BCUT2D eigenvalue weighted by atomic mass is 16.5. The number of anilines is 2. The molecular weight excluding hydrogens is 354 g/mol. The molecule has 0 radical (unpaired) electrons. The molecule has 1 aromatic carbocycles. The Morgan fingerprint density at radius 1 is 1.07 bits per heavy atom. The molecule has 138 valence electrons. The van der Waals surface area contributed by atoms with E-state index >= 15 is 0 Å². The number of benzene rings is 1. The van der Waals surface area contributed by atoms with Gasteiger partial charge >= 0.3 is 0 Å². The van der Waals surface area contributed by atoms with Crippen LogP contribution in [0.2, 0.25) is 0 Å². The molecule has 5 aromatic rings. The fourth-order valence-electron chi connectivity index (χ4n) is 3.38. The number of nitrogens with zero attached hydrogens (tertiary/aromatic N) is 4. The van der Waals surface area contributed by atoms with E-state index in [0.29, 0.717) is 17.5 Å². The van der Waals surface area contributed by atoms with E-state index in [1.165, 1.54) is 0 Å². The molecule has 0 unspecified atom stereocenters. The maximum Gasteiger partial charge on any atom is 0.232 e. The lowest BCUT2D eigenvalue weighted by Gasteiger charge is -2.11. The molecule has 0 spiro atoms. The van der Waals surface area contributed by atoms with Gasteiger partial charge in [0.2, 0.25) is 11.8 Å².